The van der Waals surface area contributed by atoms with Gasteiger partial charge in [-0.25, -0.2) is 0 Å². The molecule has 7 nitrogen and oxygen atoms in total. The van der Waals surface area contributed by atoms with E-state index < -0.39 is 0 Å². The molecule has 2 amide bonds. The van der Waals surface area contributed by atoms with Gasteiger partial charge in [0.25, 0.3) is 5.91 Å². The smallest absolute Gasteiger partial charge is 0.270 e. The van der Waals surface area contributed by atoms with E-state index in [2.05, 4.69) is 15.6 Å². The number of nitrogens with one attached hydrogen (secondary N) is 2. The lowest BCUT2D eigenvalue weighted by atomic mass is 9.85. The minimum absolute atomic E-state index is 0.00901. The second-order valence-electron chi connectivity index (χ2n) is 7.23. The van der Waals surface area contributed by atoms with Gasteiger partial charge in [-0.1, -0.05) is 24.4 Å². The molecule has 0 radical (unpaired) electrons. The van der Waals surface area contributed by atoms with Crippen LogP contribution in [0.3, 0.4) is 0 Å². The van der Waals surface area contributed by atoms with E-state index in [4.69, 9.17) is 11.6 Å². The topological polar surface area (TPSA) is 112 Å². The lowest BCUT2D eigenvalue weighted by Gasteiger charge is -2.30. The van der Waals surface area contributed by atoms with Gasteiger partial charge in [-0.15, -0.1) is 0 Å². The molecule has 0 bridgehead atoms. The molecule has 0 aliphatic heterocycles. The summed E-state index contributed by atoms with van der Waals surface area (Å²) < 4.78 is 0. The molecule has 1 aliphatic carbocycles. The first-order valence-corrected chi connectivity index (χ1v) is 9.99. The Labute approximate surface area is 174 Å². The number of aliphatic hydroxyl groups excluding tert-OH is 1. The molecule has 0 saturated heterocycles. The van der Waals surface area contributed by atoms with Crippen LogP contribution in [-0.2, 0) is 11.2 Å². The van der Waals surface area contributed by atoms with Crippen molar-refractivity contribution in [1.82, 2.24) is 10.3 Å². The number of halogens is 1. The molecule has 1 heterocycles. The molecule has 2 aromatic rings. The summed E-state index contributed by atoms with van der Waals surface area (Å²) in [6.07, 6.45) is 5.18. The Hall–Kier alpha value is -2.64. The highest BCUT2D eigenvalue weighted by Gasteiger charge is 2.26. The Bertz CT molecular complexity index is 890. The Balaban J connectivity index is 1.63. The number of phenolic OH excluding ortho intramolecular Hbond substituents is 1. The number of hydrogen-bond donors (Lipinski definition) is 4. The molecular weight excluding hydrogens is 394 g/mol. The molecule has 2 atom stereocenters. The Kier molecular flexibility index (Phi) is 7.06. The van der Waals surface area contributed by atoms with E-state index in [0.29, 0.717) is 16.3 Å². The van der Waals surface area contributed by atoms with Gasteiger partial charge in [0.15, 0.2) is 0 Å². The first kappa shape index (κ1) is 21.1. The normalized spacial score (nSPS) is 18.8. The van der Waals surface area contributed by atoms with Crippen molar-refractivity contribution >= 4 is 29.1 Å². The summed E-state index contributed by atoms with van der Waals surface area (Å²) in [4.78, 5) is 29.0. The van der Waals surface area contributed by atoms with Gasteiger partial charge in [-0.3, -0.25) is 14.6 Å². The Morgan fingerprint density at radius 2 is 1.97 bits per heavy atom. The fourth-order valence-electron chi connectivity index (χ4n) is 3.56. The predicted molar refractivity (Wildman–Crippen MR) is 110 cm³/mol. The number of benzene rings is 1. The van der Waals surface area contributed by atoms with Crippen molar-refractivity contribution in [3.8, 4) is 5.75 Å². The predicted octanol–water partition coefficient (Wildman–Crippen LogP) is 2.90. The summed E-state index contributed by atoms with van der Waals surface area (Å²) in [6, 6.07) is 7.52. The number of amides is 2. The van der Waals surface area contributed by atoms with E-state index in [-0.39, 0.29) is 48.2 Å². The van der Waals surface area contributed by atoms with Gasteiger partial charge < -0.3 is 20.8 Å². The molecule has 154 valence electrons. The first-order valence-electron chi connectivity index (χ1n) is 9.61. The van der Waals surface area contributed by atoms with Crippen molar-refractivity contribution in [2.75, 3.05) is 11.9 Å². The third kappa shape index (κ3) is 5.68. The van der Waals surface area contributed by atoms with Crippen LogP contribution in [0.15, 0.2) is 36.5 Å². The van der Waals surface area contributed by atoms with Gasteiger partial charge in [0.2, 0.25) is 5.91 Å². The fourth-order valence-corrected chi connectivity index (χ4v) is 3.76. The van der Waals surface area contributed by atoms with Crippen molar-refractivity contribution in [2.45, 2.75) is 38.1 Å². The standard InChI is InChI=1S/C21H24ClN3O4/c22-15-5-6-19(27)14(9-15)10-20(28)24-16-7-8-23-18(11-16)21(29)25-17-4-2-1-3-13(17)12-26/h5-9,11,13,17,26-27H,1-4,10,12H2,(H,25,29)(H,23,24,28)/t13-,17-/m0/s1. The summed E-state index contributed by atoms with van der Waals surface area (Å²) in [5, 5.41) is 25.4. The van der Waals surface area contributed by atoms with Crippen molar-refractivity contribution in [1.29, 1.82) is 0 Å². The zero-order valence-corrected chi connectivity index (χ0v) is 16.7. The minimum Gasteiger partial charge on any atom is -0.508 e. The highest BCUT2D eigenvalue weighted by atomic mass is 35.5. The molecule has 1 aliphatic rings. The molecule has 3 rings (SSSR count). The van der Waals surface area contributed by atoms with E-state index in [1.807, 2.05) is 0 Å². The van der Waals surface area contributed by atoms with Gasteiger partial charge >= 0.3 is 0 Å². The highest BCUT2D eigenvalue weighted by Crippen LogP contribution is 2.25. The second kappa shape index (κ2) is 9.71. The average molecular weight is 418 g/mol. The zero-order chi connectivity index (χ0) is 20.8. The number of phenols is 1. The van der Waals surface area contributed by atoms with Crippen LogP contribution in [0.1, 0.15) is 41.7 Å². The van der Waals surface area contributed by atoms with Crippen molar-refractivity contribution in [3.05, 3.63) is 52.8 Å². The number of anilines is 1. The number of aromatic hydroxyl groups is 1. The number of nitrogens with zero attached hydrogens (tertiary/aromatic N) is 1. The lowest BCUT2D eigenvalue weighted by molar-refractivity contribution is -0.115. The van der Waals surface area contributed by atoms with Crippen LogP contribution in [0.4, 0.5) is 5.69 Å². The summed E-state index contributed by atoms with van der Waals surface area (Å²) in [5.41, 5.74) is 1.03. The lowest BCUT2D eigenvalue weighted by Crippen LogP contribution is -2.43. The van der Waals surface area contributed by atoms with E-state index in [1.54, 1.807) is 12.1 Å². The number of carbonyl (C=O) groups is 2. The van der Waals surface area contributed by atoms with Gasteiger partial charge in [0, 0.05) is 41.0 Å². The van der Waals surface area contributed by atoms with Crippen LogP contribution in [0.25, 0.3) is 0 Å². The van der Waals surface area contributed by atoms with Crippen molar-refractivity contribution < 1.29 is 19.8 Å². The van der Waals surface area contributed by atoms with E-state index in [0.717, 1.165) is 25.7 Å². The monoisotopic (exact) mass is 417 g/mol. The molecule has 1 saturated carbocycles. The maximum absolute atomic E-state index is 12.6. The molecule has 1 aromatic heterocycles. The number of hydrogen-bond acceptors (Lipinski definition) is 5. The zero-order valence-electron chi connectivity index (χ0n) is 15.9. The molecule has 1 aromatic carbocycles. The summed E-state index contributed by atoms with van der Waals surface area (Å²) in [7, 11) is 0. The summed E-state index contributed by atoms with van der Waals surface area (Å²) >= 11 is 5.91. The van der Waals surface area contributed by atoms with Crippen LogP contribution in [-0.4, -0.2) is 39.7 Å². The van der Waals surface area contributed by atoms with Crippen LogP contribution in [0, 0.1) is 5.92 Å². The van der Waals surface area contributed by atoms with Gasteiger partial charge in [0.05, 0.1) is 6.42 Å². The van der Waals surface area contributed by atoms with E-state index in [1.165, 1.54) is 24.4 Å². The molecule has 4 N–H and O–H groups in total. The Morgan fingerprint density at radius 1 is 1.17 bits per heavy atom. The number of aliphatic hydroxyl groups is 1. The molecular formula is C21H24ClN3O4. The SMILES string of the molecule is O=C(Cc1cc(Cl)ccc1O)Nc1ccnc(C(=O)N[C@H]2CCCC[C@H]2CO)c1. The summed E-state index contributed by atoms with van der Waals surface area (Å²) in [5.74, 6) is -0.641. The second-order valence-corrected chi connectivity index (χ2v) is 7.67. The van der Waals surface area contributed by atoms with Crippen LogP contribution in [0.2, 0.25) is 5.02 Å². The number of rotatable bonds is 6. The quantitative estimate of drug-likeness (QED) is 0.577. The maximum Gasteiger partial charge on any atom is 0.270 e. The largest absolute Gasteiger partial charge is 0.508 e. The van der Waals surface area contributed by atoms with Gasteiger partial charge in [0.1, 0.15) is 11.4 Å². The molecule has 0 spiro atoms. The molecule has 1 fully saturated rings. The number of aromatic nitrogens is 1. The minimum atomic E-state index is -0.354. The molecule has 8 heteroatoms. The van der Waals surface area contributed by atoms with Crippen LogP contribution in [0.5, 0.6) is 5.75 Å². The third-order valence-corrected chi connectivity index (χ3v) is 5.36. The highest BCUT2D eigenvalue weighted by molar-refractivity contribution is 6.30. The molecule has 29 heavy (non-hydrogen) atoms. The van der Waals surface area contributed by atoms with Gasteiger partial charge in [-0.05, 0) is 43.2 Å². The fraction of sp³-hybridized carbons (Fsp3) is 0.381. The molecule has 0 unspecified atom stereocenters. The van der Waals surface area contributed by atoms with Crippen LogP contribution < -0.4 is 10.6 Å². The summed E-state index contributed by atoms with van der Waals surface area (Å²) in [6.45, 7) is 0.0464. The van der Waals surface area contributed by atoms with Crippen molar-refractivity contribution in [2.24, 2.45) is 5.92 Å². The van der Waals surface area contributed by atoms with Crippen LogP contribution >= 0.6 is 11.6 Å². The first-order chi connectivity index (χ1) is 14.0. The van der Waals surface area contributed by atoms with E-state index >= 15 is 0 Å². The maximum atomic E-state index is 12.6. The van der Waals surface area contributed by atoms with Crippen molar-refractivity contribution in [3.63, 3.8) is 0 Å². The number of pyridine rings is 1. The van der Waals surface area contributed by atoms with Gasteiger partial charge in [-0.2, -0.15) is 0 Å². The third-order valence-electron chi connectivity index (χ3n) is 5.13. The average Bonchev–Trinajstić information content (AvgIpc) is 2.71. The number of carbonyl (C=O) groups excluding carboxylic acids is 2. The Morgan fingerprint density at radius 3 is 2.76 bits per heavy atom. The van der Waals surface area contributed by atoms with E-state index in [9.17, 15) is 19.8 Å².